The van der Waals surface area contributed by atoms with Crippen LogP contribution in [0.2, 0.25) is 5.02 Å². The summed E-state index contributed by atoms with van der Waals surface area (Å²) in [6.45, 7) is 2.66. The van der Waals surface area contributed by atoms with E-state index in [-0.39, 0.29) is 11.7 Å². The Morgan fingerprint density at radius 1 is 0.892 bits per heavy atom. The van der Waals surface area contributed by atoms with Crippen LogP contribution in [0, 0.1) is 0 Å². The van der Waals surface area contributed by atoms with Gasteiger partial charge in [0.25, 0.3) is 0 Å². The maximum Gasteiger partial charge on any atom is 0.231 e. The van der Waals surface area contributed by atoms with Gasteiger partial charge in [0.1, 0.15) is 12.1 Å². The maximum atomic E-state index is 13.6. The van der Waals surface area contributed by atoms with Gasteiger partial charge in [-0.1, -0.05) is 78.3 Å². The molecule has 6 heteroatoms. The lowest BCUT2D eigenvalue weighted by atomic mass is 10.0. The van der Waals surface area contributed by atoms with Gasteiger partial charge in [0.2, 0.25) is 5.89 Å². The average Bonchev–Trinajstić information content (AvgIpc) is 3.36. The van der Waals surface area contributed by atoms with Crippen molar-refractivity contribution in [2.45, 2.75) is 13.5 Å². The van der Waals surface area contributed by atoms with Crippen molar-refractivity contribution >= 4 is 40.1 Å². The van der Waals surface area contributed by atoms with E-state index in [0.717, 1.165) is 11.1 Å². The zero-order valence-electron chi connectivity index (χ0n) is 20.2. The molecule has 0 N–H and O–H groups in total. The number of carbonyl (C=O) groups excluding carboxylic acids is 1. The van der Waals surface area contributed by atoms with Crippen LogP contribution in [-0.4, -0.2) is 17.4 Å². The standard InChI is InChI=1S/C31H24ClNO4/c1-2-35-29-19-21(16-17-28(29)36-20-23-12-6-7-13-25(23)32)18-24(30(34)22-10-4-3-5-11-22)31-33-26-14-8-9-15-27(26)37-31/h3-19H,2,20H2,1H3. The molecule has 0 aliphatic heterocycles. The van der Waals surface area contributed by atoms with Crippen molar-refractivity contribution in [2.24, 2.45) is 0 Å². The van der Waals surface area contributed by atoms with Crippen molar-refractivity contribution < 1.29 is 18.7 Å². The Morgan fingerprint density at radius 3 is 2.43 bits per heavy atom. The van der Waals surface area contributed by atoms with E-state index in [9.17, 15) is 4.79 Å². The molecule has 0 spiro atoms. The summed E-state index contributed by atoms with van der Waals surface area (Å²) in [5, 5.41) is 0.641. The number of rotatable bonds is 9. The van der Waals surface area contributed by atoms with Gasteiger partial charge >= 0.3 is 0 Å². The second-order valence-electron chi connectivity index (χ2n) is 8.26. The number of halogens is 1. The van der Waals surface area contributed by atoms with Crippen molar-refractivity contribution in [3.05, 3.63) is 125 Å². The molecular formula is C31H24ClNO4. The highest BCUT2D eigenvalue weighted by Gasteiger charge is 2.20. The third-order valence-electron chi connectivity index (χ3n) is 5.72. The number of aromatic nitrogens is 1. The van der Waals surface area contributed by atoms with Crippen LogP contribution in [0.15, 0.2) is 101 Å². The highest BCUT2D eigenvalue weighted by molar-refractivity contribution is 6.32. The molecule has 0 bridgehead atoms. The quantitative estimate of drug-likeness (QED) is 0.149. The molecule has 37 heavy (non-hydrogen) atoms. The fourth-order valence-electron chi connectivity index (χ4n) is 3.90. The lowest BCUT2D eigenvalue weighted by Gasteiger charge is -2.13. The van der Waals surface area contributed by atoms with E-state index in [1.54, 1.807) is 18.2 Å². The largest absolute Gasteiger partial charge is 0.490 e. The molecule has 1 heterocycles. The first-order valence-corrected chi connectivity index (χ1v) is 12.3. The van der Waals surface area contributed by atoms with Crippen LogP contribution in [0.1, 0.15) is 34.3 Å². The molecule has 4 aromatic carbocycles. The highest BCUT2D eigenvalue weighted by Crippen LogP contribution is 2.33. The lowest BCUT2D eigenvalue weighted by Crippen LogP contribution is -2.03. The molecule has 0 aliphatic carbocycles. The van der Waals surface area contributed by atoms with Gasteiger partial charge in [-0.3, -0.25) is 4.79 Å². The van der Waals surface area contributed by atoms with Gasteiger partial charge in [-0.15, -0.1) is 0 Å². The minimum Gasteiger partial charge on any atom is -0.490 e. The number of ether oxygens (including phenoxy) is 2. The van der Waals surface area contributed by atoms with Crippen molar-refractivity contribution in [1.29, 1.82) is 0 Å². The zero-order chi connectivity index (χ0) is 25.6. The highest BCUT2D eigenvalue weighted by atomic mass is 35.5. The number of ketones is 1. The van der Waals surface area contributed by atoms with Crippen LogP contribution in [0.5, 0.6) is 11.5 Å². The van der Waals surface area contributed by atoms with Gasteiger partial charge in [-0.25, -0.2) is 4.98 Å². The zero-order valence-corrected chi connectivity index (χ0v) is 20.9. The Bertz CT molecular complexity index is 1540. The fraction of sp³-hybridized carbons (Fsp3) is 0.0968. The van der Waals surface area contributed by atoms with Crippen LogP contribution in [-0.2, 0) is 6.61 Å². The van der Waals surface area contributed by atoms with Crippen molar-refractivity contribution in [2.75, 3.05) is 6.61 Å². The summed E-state index contributed by atoms with van der Waals surface area (Å²) < 4.78 is 17.9. The van der Waals surface area contributed by atoms with Crippen molar-refractivity contribution in [3.63, 3.8) is 0 Å². The molecule has 5 rings (SSSR count). The Labute approximate surface area is 219 Å². The summed E-state index contributed by atoms with van der Waals surface area (Å²) in [5.41, 5.74) is 3.80. The van der Waals surface area contributed by atoms with Crippen LogP contribution >= 0.6 is 11.6 Å². The third-order valence-corrected chi connectivity index (χ3v) is 6.09. The summed E-state index contributed by atoms with van der Waals surface area (Å²) in [4.78, 5) is 18.1. The van der Waals surface area contributed by atoms with E-state index in [1.165, 1.54) is 0 Å². The van der Waals surface area contributed by atoms with E-state index in [2.05, 4.69) is 4.98 Å². The number of nitrogens with zero attached hydrogens (tertiary/aromatic N) is 1. The Kier molecular flexibility index (Phi) is 7.33. The lowest BCUT2D eigenvalue weighted by molar-refractivity contribution is 0.105. The van der Waals surface area contributed by atoms with Crippen molar-refractivity contribution in [3.8, 4) is 11.5 Å². The summed E-state index contributed by atoms with van der Waals surface area (Å²) in [7, 11) is 0. The second kappa shape index (κ2) is 11.1. The topological polar surface area (TPSA) is 61.6 Å². The molecule has 0 unspecified atom stereocenters. The predicted octanol–water partition coefficient (Wildman–Crippen LogP) is 7.88. The number of carbonyl (C=O) groups is 1. The molecule has 0 fully saturated rings. The van der Waals surface area contributed by atoms with Crippen LogP contribution in [0.25, 0.3) is 22.7 Å². The smallest absolute Gasteiger partial charge is 0.231 e. The van der Waals surface area contributed by atoms with Crippen LogP contribution in [0.3, 0.4) is 0 Å². The Morgan fingerprint density at radius 2 is 1.65 bits per heavy atom. The minimum atomic E-state index is -0.191. The van der Waals surface area contributed by atoms with E-state index in [0.29, 0.717) is 52.0 Å². The van der Waals surface area contributed by atoms with E-state index in [1.807, 2.05) is 91.9 Å². The average molecular weight is 510 g/mol. The molecule has 184 valence electrons. The molecule has 1 aromatic heterocycles. The fourth-order valence-corrected chi connectivity index (χ4v) is 4.09. The minimum absolute atomic E-state index is 0.191. The molecule has 5 aromatic rings. The van der Waals surface area contributed by atoms with Crippen LogP contribution < -0.4 is 9.47 Å². The molecule has 0 radical (unpaired) electrons. The first-order valence-electron chi connectivity index (χ1n) is 11.9. The normalized spacial score (nSPS) is 11.5. The molecule has 0 aliphatic rings. The molecule has 0 saturated heterocycles. The summed E-state index contributed by atoms with van der Waals surface area (Å²) in [6, 6.07) is 29.6. The number of fused-ring (bicyclic) bond motifs is 1. The van der Waals surface area contributed by atoms with Crippen molar-refractivity contribution in [1.82, 2.24) is 4.98 Å². The van der Waals surface area contributed by atoms with Gasteiger partial charge < -0.3 is 13.9 Å². The van der Waals surface area contributed by atoms with Gasteiger partial charge in [0.15, 0.2) is 22.9 Å². The third kappa shape index (κ3) is 5.57. The number of Topliss-reactive ketones (excluding diaryl/α,β-unsaturated/α-hetero) is 1. The van der Waals surface area contributed by atoms with E-state index < -0.39 is 0 Å². The maximum absolute atomic E-state index is 13.6. The molecule has 5 nitrogen and oxygen atoms in total. The van der Waals surface area contributed by atoms with Gasteiger partial charge in [-0.05, 0) is 48.9 Å². The Balaban J connectivity index is 1.52. The Hall–Kier alpha value is -4.35. The monoisotopic (exact) mass is 509 g/mol. The summed E-state index contributed by atoms with van der Waals surface area (Å²) in [6.07, 6.45) is 1.76. The number of allylic oxidation sites excluding steroid dienone is 1. The number of hydrogen-bond acceptors (Lipinski definition) is 5. The molecule has 0 amide bonds. The SMILES string of the molecule is CCOc1cc(C=C(C(=O)c2ccccc2)c2nc3ccccc3o2)ccc1OCc1ccccc1Cl. The first kappa shape index (κ1) is 24.3. The van der Waals surface area contributed by atoms with Gasteiger partial charge in [0, 0.05) is 16.1 Å². The molecule has 0 atom stereocenters. The predicted molar refractivity (Wildman–Crippen MR) is 146 cm³/mol. The second-order valence-corrected chi connectivity index (χ2v) is 8.67. The summed E-state index contributed by atoms with van der Waals surface area (Å²) >= 11 is 6.28. The first-order chi connectivity index (χ1) is 18.1. The number of hydrogen-bond donors (Lipinski definition) is 0. The van der Waals surface area contributed by atoms with Crippen LogP contribution in [0.4, 0.5) is 0 Å². The van der Waals surface area contributed by atoms with E-state index >= 15 is 0 Å². The number of benzene rings is 4. The van der Waals surface area contributed by atoms with E-state index in [4.69, 9.17) is 25.5 Å². The van der Waals surface area contributed by atoms with Gasteiger partial charge in [0.05, 0.1) is 12.2 Å². The number of oxazole rings is 1. The summed E-state index contributed by atoms with van der Waals surface area (Å²) in [5.74, 6) is 1.21. The van der Waals surface area contributed by atoms with Gasteiger partial charge in [-0.2, -0.15) is 0 Å². The molecular weight excluding hydrogens is 486 g/mol. The molecule has 0 saturated carbocycles. The number of para-hydroxylation sites is 2.